The standard InChI is InChI=1S/C21H18Cl2N2O4/c1-21(2,20(27)28)25-19(26)15-8-7-13-5-3-4-6-14(13)17(15)29-11-12-9-16(22)18(23)24-10-12/h3-10H,11H2,1-2H3,(H,25,26)(H,27,28). The molecule has 29 heavy (non-hydrogen) atoms. The number of ether oxygens (including phenoxy) is 1. The van der Waals surface area contributed by atoms with Gasteiger partial charge in [0.05, 0.1) is 10.6 Å². The summed E-state index contributed by atoms with van der Waals surface area (Å²) in [5.41, 5.74) is -0.538. The lowest BCUT2D eigenvalue weighted by Crippen LogP contribution is -2.49. The number of carbonyl (C=O) groups excluding carboxylic acids is 1. The van der Waals surface area contributed by atoms with Gasteiger partial charge in [0.15, 0.2) is 0 Å². The Labute approximate surface area is 177 Å². The molecular formula is C21H18Cl2N2O4. The maximum Gasteiger partial charge on any atom is 0.328 e. The predicted molar refractivity (Wildman–Crippen MR) is 112 cm³/mol. The molecule has 3 aromatic rings. The second-order valence-corrected chi connectivity index (χ2v) is 7.72. The van der Waals surface area contributed by atoms with Crippen LogP contribution >= 0.6 is 23.2 Å². The molecule has 150 valence electrons. The molecule has 2 aromatic carbocycles. The quantitative estimate of drug-likeness (QED) is 0.550. The van der Waals surface area contributed by atoms with Gasteiger partial charge in [-0.15, -0.1) is 0 Å². The number of halogens is 2. The molecule has 0 aliphatic carbocycles. The molecule has 0 unspecified atom stereocenters. The van der Waals surface area contributed by atoms with Crippen LogP contribution in [-0.4, -0.2) is 27.5 Å². The number of pyridine rings is 1. The van der Waals surface area contributed by atoms with Crippen molar-refractivity contribution in [3.63, 3.8) is 0 Å². The zero-order valence-corrected chi connectivity index (χ0v) is 17.2. The lowest BCUT2D eigenvalue weighted by Gasteiger charge is -2.22. The molecule has 1 amide bonds. The minimum Gasteiger partial charge on any atom is -0.487 e. The van der Waals surface area contributed by atoms with Crippen molar-refractivity contribution in [2.75, 3.05) is 0 Å². The number of carbonyl (C=O) groups is 2. The van der Waals surface area contributed by atoms with Gasteiger partial charge < -0.3 is 15.2 Å². The molecule has 2 N–H and O–H groups in total. The van der Waals surface area contributed by atoms with Gasteiger partial charge in [0.2, 0.25) is 0 Å². The van der Waals surface area contributed by atoms with Crippen LogP contribution in [0.15, 0.2) is 48.7 Å². The number of aromatic nitrogens is 1. The number of benzene rings is 2. The fraction of sp³-hybridized carbons (Fsp3) is 0.190. The molecule has 0 aliphatic rings. The van der Waals surface area contributed by atoms with Gasteiger partial charge in [-0.05, 0) is 31.4 Å². The molecule has 0 saturated heterocycles. The first-order valence-corrected chi connectivity index (χ1v) is 9.45. The summed E-state index contributed by atoms with van der Waals surface area (Å²) in [5.74, 6) is -1.35. The molecule has 1 aromatic heterocycles. The second-order valence-electron chi connectivity index (χ2n) is 6.95. The SMILES string of the molecule is CC(C)(NC(=O)c1ccc2ccccc2c1OCc1cnc(Cl)c(Cl)c1)C(=O)O. The first-order chi connectivity index (χ1) is 13.7. The fourth-order valence-corrected chi connectivity index (χ4v) is 2.97. The number of hydrogen-bond donors (Lipinski definition) is 2. The predicted octanol–water partition coefficient (Wildman–Crippen LogP) is 4.71. The molecule has 0 fully saturated rings. The number of nitrogens with one attached hydrogen (secondary N) is 1. The topological polar surface area (TPSA) is 88.5 Å². The van der Waals surface area contributed by atoms with Crippen molar-refractivity contribution in [2.45, 2.75) is 26.0 Å². The van der Waals surface area contributed by atoms with Crippen LogP contribution in [-0.2, 0) is 11.4 Å². The highest BCUT2D eigenvalue weighted by molar-refractivity contribution is 6.41. The lowest BCUT2D eigenvalue weighted by atomic mass is 10.0. The lowest BCUT2D eigenvalue weighted by molar-refractivity contribution is -0.143. The molecule has 0 bridgehead atoms. The third kappa shape index (κ3) is 4.60. The smallest absolute Gasteiger partial charge is 0.328 e. The Morgan fingerprint density at radius 2 is 1.90 bits per heavy atom. The molecule has 8 heteroatoms. The first kappa shape index (κ1) is 20.9. The average Bonchev–Trinajstić information content (AvgIpc) is 2.68. The number of aliphatic carboxylic acids is 1. The number of rotatable bonds is 6. The highest BCUT2D eigenvalue weighted by atomic mass is 35.5. The monoisotopic (exact) mass is 432 g/mol. The van der Waals surface area contributed by atoms with E-state index in [9.17, 15) is 14.7 Å². The van der Waals surface area contributed by atoms with Gasteiger partial charge in [-0.2, -0.15) is 0 Å². The molecule has 3 rings (SSSR count). The van der Waals surface area contributed by atoms with Gasteiger partial charge >= 0.3 is 5.97 Å². The van der Waals surface area contributed by atoms with E-state index in [-0.39, 0.29) is 17.3 Å². The van der Waals surface area contributed by atoms with Crippen molar-refractivity contribution >= 4 is 45.9 Å². The number of nitrogens with zero attached hydrogens (tertiary/aromatic N) is 1. The minimum atomic E-state index is -1.44. The molecule has 1 heterocycles. The maximum absolute atomic E-state index is 12.8. The number of amides is 1. The van der Waals surface area contributed by atoms with Crippen LogP contribution in [0.3, 0.4) is 0 Å². The van der Waals surface area contributed by atoms with E-state index in [1.165, 1.54) is 20.0 Å². The van der Waals surface area contributed by atoms with Gasteiger partial charge in [0, 0.05) is 17.1 Å². The van der Waals surface area contributed by atoms with E-state index in [0.717, 1.165) is 10.8 Å². The van der Waals surface area contributed by atoms with Gasteiger partial charge in [-0.3, -0.25) is 4.79 Å². The first-order valence-electron chi connectivity index (χ1n) is 8.69. The van der Waals surface area contributed by atoms with E-state index in [2.05, 4.69) is 10.3 Å². The Hall–Kier alpha value is -2.83. The largest absolute Gasteiger partial charge is 0.487 e. The van der Waals surface area contributed by atoms with E-state index >= 15 is 0 Å². The summed E-state index contributed by atoms with van der Waals surface area (Å²) >= 11 is 11.8. The summed E-state index contributed by atoms with van der Waals surface area (Å²) in [6.07, 6.45) is 1.53. The zero-order chi connectivity index (χ0) is 21.2. The third-order valence-electron chi connectivity index (χ3n) is 4.32. The van der Waals surface area contributed by atoms with Crippen molar-refractivity contribution in [2.24, 2.45) is 0 Å². The van der Waals surface area contributed by atoms with E-state index in [4.69, 9.17) is 27.9 Å². The Morgan fingerprint density at radius 1 is 1.17 bits per heavy atom. The number of carboxylic acid groups (broad SMARTS) is 1. The van der Waals surface area contributed by atoms with Crippen LogP contribution in [0, 0.1) is 0 Å². The number of fused-ring (bicyclic) bond motifs is 1. The van der Waals surface area contributed by atoms with Crippen molar-refractivity contribution in [3.8, 4) is 5.75 Å². The van der Waals surface area contributed by atoms with Crippen molar-refractivity contribution < 1.29 is 19.4 Å². The van der Waals surface area contributed by atoms with E-state index in [1.54, 1.807) is 18.2 Å². The summed E-state index contributed by atoms with van der Waals surface area (Å²) < 4.78 is 5.98. The van der Waals surface area contributed by atoms with E-state index in [0.29, 0.717) is 16.3 Å². The highest BCUT2D eigenvalue weighted by Crippen LogP contribution is 2.31. The van der Waals surface area contributed by atoms with Gasteiger partial charge in [0.25, 0.3) is 5.91 Å². The van der Waals surface area contributed by atoms with Crippen molar-refractivity contribution in [1.29, 1.82) is 0 Å². The Kier molecular flexibility index (Phi) is 5.96. The average molecular weight is 433 g/mol. The summed E-state index contributed by atoms with van der Waals surface area (Å²) in [4.78, 5) is 28.2. The normalized spacial score (nSPS) is 11.3. The molecule has 0 spiro atoms. The van der Waals surface area contributed by atoms with Gasteiger partial charge in [-0.1, -0.05) is 53.5 Å². The van der Waals surface area contributed by atoms with Crippen LogP contribution in [0.25, 0.3) is 10.8 Å². The number of hydrogen-bond acceptors (Lipinski definition) is 4. The molecule has 0 aliphatic heterocycles. The Morgan fingerprint density at radius 3 is 2.59 bits per heavy atom. The molecule has 6 nitrogen and oxygen atoms in total. The Balaban J connectivity index is 1.98. The van der Waals surface area contributed by atoms with Crippen LogP contribution in [0.5, 0.6) is 5.75 Å². The summed E-state index contributed by atoms with van der Waals surface area (Å²) in [6.45, 7) is 2.92. The molecule has 0 atom stereocenters. The number of carboxylic acids is 1. The second kappa shape index (κ2) is 8.27. The van der Waals surface area contributed by atoms with E-state index < -0.39 is 17.4 Å². The summed E-state index contributed by atoms with van der Waals surface area (Å²) in [7, 11) is 0. The van der Waals surface area contributed by atoms with E-state index in [1.807, 2.05) is 24.3 Å². The summed E-state index contributed by atoms with van der Waals surface area (Å²) in [5, 5.41) is 13.9. The molecule has 0 saturated carbocycles. The van der Waals surface area contributed by atoms with Crippen LogP contribution < -0.4 is 10.1 Å². The van der Waals surface area contributed by atoms with Gasteiger partial charge in [-0.25, -0.2) is 9.78 Å². The summed E-state index contributed by atoms with van der Waals surface area (Å²) in [6, 6.07) is 12.5. The van der Waals surface area contributed by atoms with Crippen LogP contribution in [0.4, 0.5) is 0 Å². The molecule has 0 radical (unpaired) electrons. The highest BCUT2D eigenvalue weighted by Gasteiger charge is 2.30. The van der Waals surface area contributed by atoms with Crippen LogP contribution in [0.2, 0.25) is 10.2 Å². The van der Waals surface area contributed by atoms with Gasteiger partial charge in [0.1, 0.15) is 23.0 Å². The minimum absolute atomic E-state index is 0.0977. The fourth-order valence-electron chi connectivity index (χ4n) is 2.68. The third-order valence-corrected chi connectivity index (χ3v) is 5.01. The zero-order valence-electron chi connectivity index (χ0n) is 15.7. The Bertz CT molecular complexity index is 1100. The van der Waals surface area contributed by atoms with Crippen molar-refractivity contribution in [1.82, 2.24) is 10.3 Å². The maximum atomic E-state index is 12.8. The van der Waals surface area contributed by atoms with Crippen LogP contribution in [0.1, 0.15) is 29.8 Å². The molecular weight excluding hydrogens is 415 g/mol. The van der Waals surface area contributed by atoms with Crippen molar-refractivity contribution in [3.05, 3.63) is 70.0 Å².